The molecule has 0 spiro atoms. The molecule has 1 aromatic carbocycles. The monoisotopic (exact) mass is 226 g/mol. The summed E-state index contributed by atoms with van der Waals surface area (Å²) in [5.74, 6) is 0.807. The van der Waals surface area contributed by atoms with E-state index in [1.807, 2.05) is 38.1 Å². The van der Waals surface area contributed by atoms with Crippen LogP contribution in [-0.4, -0.2) is 12.1 Å². The zero-order valence-corrected chi connectivity index (χ0v) is 10.2. The molecule has 86 valence electrons. The number of hydrogen-bond donors (Lipinski definition) is 1. The highest BCUT2D eigenvalue weighted by atomic mass is 16.5. The van der Waals surface area contributed by atoms with Crippen LogP contribution in [0.5, 0.6) is 5.75 Å². The lowest BCUT2D eigenvalue weighted by molar-refractivity contribution is 0.416. The SMILES string of the molecule is COc1ccc(C)cc1-c1cc(C#N)c(C)[nH]1. The van der Waals surface area contributed by atoms with Crippen LogP contribution in [0.2, 0.25) is 0 Å². The molecule has 0 aliphatic heterocycles. The van der Waals surface area contributed by atoms with Gasteiger partial charge in [-0.05, 0) is 32.0 Å². The van der Waals surface area contributed by atoms with Crippen LogP contribution in [0.25, 0.3) is 11.3 Å². The van der Waals surface area contributed by atoms with Crippen molar-refractivity contribution >= 4 is 0 Å². The molecule has 1 aromatic heterocycles. The summed E-state index contributed by atoms with van der Waals surface area (Å²) in [6.07, 6.45) is 0. The quantitative estimate of drug-likeness (QED) is 0.854. The van der Waals surface area contributed by atoms with Crippen LogP contribution in [0, 0.1) is 25.2 Å². The number of hydrogen-bond acceptors (Lipinski definition) is 2. The Morgan fingerprint density at radius 2 is 2.00 bits per heavy atom. The van der Waals surface area contributed by atoms with E-state index in [4.69, 9.17) is 10.00 Å². The predicted molar refractivity (Wildman–Crippen MR) is 67.0 cm³/mol. The minimum atomic E-state index is 0.670. The molecule has 3 heteroatoms. The van der Waals surface area contributed by atoms with E-state index in [1.54, 1.807) is 7.11 Å². The van der Waals surface area contributed by atoms with Crippen molar-refractivity contribution in [2.24, 2.45) is 0 Å². The maximum Gasteiger partial charge on any atom is 0.128 e. The van der Waals surface area contributed by atoms with Crippen LogP contribution in [-0.2, 0) is 0 Å². The van der Waals surface area contributed by atoms with E-state index < -0.39 is 0 Å². The van der Waals surface area contributed by atoms with Gasteiger partial charge in [-0.25, -0.2) is 0 Å². The second-order valence-corrected chi connectivity index (χ2v) is 4.04. The predicted octanol–water partition coefficient (Wildman–Crippen LogP) is 3.18. The Labute approximate surface area is 101 Å². The average Bonchev–Trinajstić information content (AvgIpc) is 2.70. The number of nitriles is 1. The first-order chi connectivity index (χ1) is 8.15. The van der Waals surface area contributed by atoms with Gasteiger partial charge in [-0.1, -0.05) is 11.6 Å². The smallest absolute Gasteiger partial charge is 0.128 e. The van der Waals surface area contributed by atoms with E-state index in [9.17, 15) is 0 Å². The molecule has 1 heterocycles. The van der Waals surface area contributed by atoms with E-state index in [2.05, 4.69) is 11.1 Å². The van der Waals surface area contributed by atoms with Crippen molar-refractivity contribution < 1.29 is 4.74 Å². The Morgan fingerprint density at radius 3 is 2.59 bits per heavy atom. The molecule has 0 atom stereocenters. The lowest BCUT2D eigenvalue weighted by Crippen LogP contribution is -1.89. The summed E-state index contributed by atoms with van der Waals surface area (Å²) in [5.41, 5.74) is 4.61. The van der Waals surface area contributed by atoms with Crippen LogP contribution in [0.1, 0.15) is 16.8 Å². The highest BCUT2D eigenvalue weighted by Gasteiger charge is 2.10. The Hall–Kier alpha value is -2.21. The second kappa shape index (κ2) is 4.34. The third kappa shape index (κ3) is 2.02. The highest BCUT2D eigenvalue weighted by Crippen LogP contribution is 2.31. The van der Waals surface area contributed by atoms with E-state index in [0.29, 0.717) is 5.56 Å². The molecule has 17 heavy (non-hydrogen) atoms. The molecule has 0 bridgehead atoms. The number of methoxy groups -OCH3 is 1. The summed E-state index contributed by atoms with van der Waals surface area (Å²) in [6.45, 7) is 3.92. The van der Waals surface area contributed by atoms with Crippen LogP contribution in [0.4, 0.5) is 0 Å². The van der Waals surface area contributed by atoms with Gasteiger partial charge in [-0.2, -0.15) is 5.26 Å². The van der Waals surface area contributed by atoms with Gasteiger partial charge in [0, 0.05) is 11.3 Å². The van der Waals surface area contributed by atoms with Gasteiger partial charge in [-0.3, -0.25) is 0 Å². The van der Waals surface area contributed by atoms with Gasteiger partial charge in [0.05, 0.1) is 18.4 Å². The summed E-state index contributed by atoms with van der Waals surface area (Å²) in [7, 11) is 1.65. The zero-order valence-electron chi connectivity index (χ0n) is 10.2. The fraction of sp³-hybridized carbons (Fsp3) is 0.214. The molecule has 0 radical (unpaired) electrons. The number of aromatic nitrogens is 1. The fourth-order valence-electron chi connectivity index (χ4n) is 1.85. The van der Waals surface area contributed by atoms with Gasteiger partial charge in [0.1, 0.15) is 11.8 Å². The zero-order chi connectivity index (χ0) is 12.4. The molecular formula is C14H14N2O. The first-order valence-electron chi connectivity index (χ1n) is 5.40. The summed E-state index contributed by atoms with van der Waals surface area (Å²) in [5, 5.41) is 8.96. The summed E-state index contributed by atoms with van der Waals surface area (Å²) in [4.78, 5) is 3.21. The number of rotatable bonds is 2. The van der Waals surface area contributed by atoms with Crippen molar-refractivity contribution in [1.82, 2.24) is 4.98 Å². The van der Waals surface area contributed by atoms with Crippen LogP contribution in [0.15, 0.2) is 24.3 Å². The third-order valence-electron chi connectivity index (χ3n) is 2.78. The van der Waals surface area contributed by atoms with Crippen LogP contribution in [0.3, 0.4) is 0 Å². The van der Waals surface area contributed by atoms with E-state index in [0.717, 1.165) is 28.3 Å². The summed E-state index contributed by atoms with van der Waals surface area (Å²) < 4.78 is 5.33. The molecule has 2 rings (SSSR count). The number of nitrogens with zero attached hydrogens (tertiary/aromatic N) is 1. The van der Waals surface area contributed by atoms with Gasteiger partial charge in [0.25, 0.3) is 0 Å². The number of H-pyrrole nitrogens is 1. The van der Waals surface area contributed by atoms with Gasteiger partial charge in [0.2, 0.25) is 0 Å². The summed E-state index contributed by atoms with van der Waals surface area (Å²) in [6, 6.07) is 10.0. The largest absolute Gasteiger partial charge is 0.496 e. The molecule has 0 aliphatic carbocycles. The lowest BCUT2D eigenvalue weighted by Gasteiger charge is -2.07. The molecule has 0 saturated carbocycles. The molecule has 2 aromatic rings. The standard InChI is InChI=1S/C14H14N2O/c1-9-4-5-14(17-3)12(6-9)13-7-11(8-15)10(2)16-13/h4-7,16H,1-3H3. The molecule has 1 N–H and O–H groups in total. The van der Waals surface area contributed by atoms with Crippen molar-refractivity contribution in [3.05, 3.63) is 41.1 Å². The van der Waals surface area contributed by atoms with Gasteiger partial charge >= 0.3 is 0 Å². The minimum absolute atomic E-state index is 0.670. The average molecular weight is 226 g/mol. The Bertz CT molecular complexity index is 591. The number of aromatic amines is 1. The maximum atomic E-state index is 8.96. The number of nitrogens with one attached hydrogen (secondary N) is 1. The molecule has 0 aliphatic rings. The Morgan fingerprint density at radius 1 is 1.24 bits per heavy atom. The third-order valence-corrected chi connectivity index (χ3v) is 2.78. The molecule has 0 saturated heterocycles. The van der Waals surface area contributed by atoms with Crippen molar-refractivity contribution in [1.29, 1.82) is 5.26 Å². The number of aryl methyl sites for hydroxylation is 2. The normalized spacial score (nSPS) is 10.0. The maximum absolute atomic E-state index is 8.96. The van der Waals surface area contributed by atoms with E-state index in [-0.39, 0.29) is 0 Å². The van der Waals surface area contributed by atoms with E-state index in [1.165, 1.54) is 0 Å². The second-order valence-electron chi connectivity index (χ2n) is 4.04. The molecular weight excluding hydrogens is 212 g/mol. The molecule has 0 amide bonds. The minimum Gasteiger partial charge on any atom is -0.496 e. The molecule has 0 unspecified atom stereocenters. The van der Waals surface area contributed by atoms with Crippen LogP contribution >= 0.6 is 0 Å². The van der Waals surface area contributed by atoms with Crippen molar-refractivity contribution in [2.75, 3.05) is 7.11 Å². The molecule has 3 nitrogen and oxygen atoms in total. The van der Waals surface area contributed by atoms with Crippen LogP contribution < -0.4 is 4.74 Å². The van der Waals surface area contributed by atoms with E-state index >= 15 is 0 Å². The number of ether oxygens (including phenoxy) is 1. The van der Waals surface area contributed by atoms with Gasteiger partial charge in [0.15, 0.2) is 0 Å². The van der Waals surface area contributed by atoms with Crippen molar-refractivity contribution in [3.8, 4) is 23.1 Å². The van der Waals surface area contributed by atoms with Gasteiger partial charge < -0.3 is 9.72 Å². The van der Waals surface area contributed by atoms with Crippen molar-refractivity contribution in [3.63, 3.8) is 0 Å². The Kier molecular flexibility index (Phi) is 2.88. The highest BCUT2D eigenvalue weighted by molar-refractivity contribution is 5.70. The topological polar surface area (TPSA) is 48.8 Å². The molecule has 0 fully saturated rings. The van der Waals surface area contributed by atoms with Crippen molar-refractivity contribution in [2.45, 2.75) is 13.8 Å². The number of benzene rings is 1. The summed E-state index contributed by atoms with van der Waals surface area (Å²) >= 11 is 0. The fourth-order valence-corrected chi connectivity index (χ4v) is 1.85. The Balaban J connectivity index is 2.59. The van der Waals surface area contributed by atoms with Gasteiger partial charge in [-0.15, -0.1) is 0 Å². The first-order valence-corrected chi connectivity index (χ1v) is 5.40. The lowest BCUT2D eigenvalue weighted by atomic mass is 10.1. The first kappa shape index (κ1) is 11.3.